The average Bonchev–Trinajstić information content (AvgIpc) is 2.85. The lowest BCUT2D eigenvalue weighted by atomic mass is 9.80. The van der Waals surface area contributed by atoms with Gasteiger partial charge in [-0.15, -0.1) is 0 Å². The Morgan fingerprint density at radius 3 is 2.35 bits per heavy atom. The van der Waals surface area contributed by atoms with Crippen LogP contribution in [-0.4, -0.2) is 33.0 Å². The quantitative estimate of drug-likeness (QED) is 0.791. The van der Waals surface area contributed by atoms with E-state index in [-0.39, 0.29) is 10.7 Å². The molecular formula is C13H25NO2S. The van der Waals surface area contributed by atoms with Crippen molar-refractivity contribution in [2.75, 3.05) is 19.3 Å². The average molecular weight is 259 g/mol. The molecule has 0 aromatic heterocycles. The predicted octanol–water partition coefficient (Wildman–Crippen LogP) is 1.84. The monoisotopic (exact) mass is 259 g/mol. The van der Waals surface area contributed by atoms with E-state index in [0.717, 1.165) is 24.8 Å². The first kappa shape index (κ1) is 13.3. The highest BCUT2D eigenvalue weighted by molar-refractivity contribution is 7.91. The van der Waals surface area contributed by atoms with Crippen molar-refractivity contribution in [2.24, 2.45) is 17.3 Å². The smallest absolute Gasteiger partial charge is 0.152 e. The lowest BCUT2D eigenvalue weighted by Gasteiger charge is -2.31. The van der Waals surface area contributed by atoms with Crippen molar-refractivity contribution in [1.82, 2.24) is 5.32 Å². The number of nitrogens with one attached hydrogen (secondary N) is 1. The molecule has 2 aliphatic rings. The Hall–Kier alpha value is -0.0900. The maximum Gasteiger partial charge on any atom is 0.152 e. The molecule has 0 amide bonds. The van der Waals surface area contributed by atoms with E-state index < -0.39 is 9.84 Å². The molecule has 2 atom stereocenters. The summed E-state index contributed by atoms with van der Waals surface area (Å²) in [6.45, 7) is 4.55. The molecule has 100 valence electrons. The van der Waals surface area contributed by atoms with Gasteiger partial charge in [0.1, 0.15) is 0 Å². The Kier molecular flexibility index (Phi) is 3.56. The van der Waals surface area contributed by atoms with Gasteiger partial charge in [0.2, 0.25) is 0 Å². The third-order valence-corrected chi connectivity index (χ3v) is 6.86. The third-order valence-electron chi connectivity index (χ3n) is 4.65. The zero-order chi connectivity index (χ0) is 12.7. The molecular weight excluding hydrogens is 234 g/mol. The summed E-state index contributed by atoms with van der Waals surface area (Å²) in [5, 5.41) is 3.03. The van der Waals surface area contributed by atoms with Gasteiger partial charge in [-0.05, 0) is 63.8 Å². The summed E-state index contributed by atoms with van der Waals surface area (Å²) >= 11 is 0. The van der Waals surface area contributed by atoms with Gasteiger partial charge in [0.05, 0.1) is 11.0 Å². The first-order valence-corrected chi connectivity index (χ1v) is 8.46. The second kappa shape index (κ2) is 4.54. The highest BCUT2D eigenvalue weighted by atomic mass is 32.2. The van der Waals surface area contributed by atoms with Crippen LogP contribution in [0.2, 0.25) is 0 Å². The van der Waals surface area contributed by atoms with Crippen LogP contribution in [0.5, 0.6) is 0 Å². The van der Waals surface area contributed by atoms with E-state index in [0.29, 0.717) is 5.75 Å². The van der Waals surface area contributed by atoms with Crippen LogP contribution in [0.3, 0.4) is 0 Å². The van der Waals surface area contributed by atoms with Crippen LogP contribution < -0.4 is 5.32 Å². The molecule has 0 aliphatic heterocycles. The number of rotatable bonds is 6. The lowest BCUT2D eigenvalue weighted by molar-refractivity contribution is 0.247. The highest BCUT2D eigenvalue weighted by Gasteiger charge is 2.53. The molecule has 0 saturated heterocycles. The summed E-state index contributed by atoms with van der Waals surface area (Å²) in [5.41, 5.74) is 0.268. The molecule has 0 aromatic carbocycles. The molecule has 3 nitrogen and oxygen atoms in total. The molecule has 0 spiro atoms. The summed E-state index contributed by atoms with van der Waals surface area (Å²) in [6, 6.07) is 0. The Bertz CT molecular complexity index is 365. The van der Waals surface area contributed by atoms with E-state index in [1.54, 1.807) is 13.8 Å². The highest BCUT2D eigenvalue weighted by Crippen LogP contribution is 2.60. The van der Waals surface area contributed by atoms with Gasteiger partial charge < -0.3 is 5.32 Å². The summed E-state index contributed by atoms with van der Waals surface area (Å²) < 4.78 is 23.8. The normalized spacial score (nSPS) is 36.2. The SMILES string of the molecule is CNCC1(CCS(=O)(=O)C(C)C)CC2CC2C1. The molecule has 0 bridgehead atoms. The molecule has 2 aliphatic carbocycles. The van der Waals surface area contributed by atoms with E-state index >= 15 is 0 Å². The Labute approximate surface area is 105 Å². The van der Waals surface area contributed by atoms with Crippen molar-refractivity contribution in [3.63, 3.8) is 0 Å². The standard InChI is InChI=1S/C13H25NO2S/c1-10(2)17(15,16)5-4-13(9-14-3)7-11-6-12(11)8-13/h10-12,14H,4-9H2,1-3H3. The summed E-state index contributed by atoms with van der Waals surface area (Å²) in [6.07, 6.45) is 4.72. The van der Waals surface area contributed by atoms with Crippen molar-refractivity contribution >= 4 is 9.84 Å². The number of fused-ring (bicyclic) bond motifs is 1. The molecule has 17 heavy (non-hydrogen) atoms. The Morgan fingerprint density at radius 1 is 1.29 bits per heavy atom. The maximum atomic E-state index is 11.9. The van der Waals surface area contributed by atoms with Gasteiger partial charge in [0.25, 0.3) is 0 Å². The van der Waals surface area contributed by atoms with Crippen LogP contribution in [0.4, 0.5) is 0 Å². The fourth-order valence-corrected chi connectivity index (χ4v) is 4.60. The molecule has 2 rings (SSSR count). The van der Waals surface area contributed by atoms with Gasteiger partial charge in [0.15, 0.2) is 9.84 Å². The van der Waals surface area contributed by atoms with E-state index in [4.69, 9.17) is 0 Å². The van der Waals surface area contributed by atoms with Crippen LogP contribution in [0, 0.1) is 17.3 Å². The molecule has 2 saturated carbocycles. The second-order valence-electron chi connectivity index (χ2n) is 6.36. The minimum atomic E-state index is -2.87. The molecule has 2 unspecified atom stereocenters. The van der Waals surface area contributed by atoms with Crippen LogP contribution in [-0.2, 0) is 9.84 Å². The van der Waals surface area contributed by atoms with E-state index in [1.807, 2.05) is 7.05 Å². The number of hydrogen-bond donors (Lipinski definition) is 1. The van der Waals surface area contributed by atoms with Gasteiger partial charge in [-0.3, -0.25) is 0 Å². The Balaban J connectivity index is 1.95. The van der Waals surface area contributed by atoms with E-state index in [9.17, 15) is 8.42 Å². The van der Waals surface area contributed by atoms with Gasteiger partial charge in [-0.2, -0.15) is 0 Å². The van der Waals surface area contributed by atoms with Gasteiger partial charge in [0, 0.05) is 6.54 Å². The van der Waals surface area contributed by atoms with Crippen molar-refractivity contribution in [1.29, 1.82) is 0 Å². The molecule has 1 N–H and O–H groups in total. The lowest BCUT2D eigenvalue weighted by Crippen LogP contribution is -2.34. The fourth-order valence-electron chi connectivity index (χ4n) is 3.41. The van der Waals surface area contributed by atoms with Gasteiger partial charge in [-0.25, -0.2) is 8.42 Å². The number of hydrogen-bond acceptors (Lipinski definition) is 3. The third kappa shape index (κ3) is 2.84. The fraction of sp³-hybridized carbons (Fsp3) is 1.00. The summed E-state index contributed by atoms with van der Waals surface area (Å²) in [7, 11) is -0.898. The van der Waals surface area contributed by atoms with Gasteiger partial charge in [-0.1, -0.05) is 0 Å². The van der Waals surface area contributed by atoms with Crippen molar-refractivity contribution < 1.29 is 8.42 Å². The largest absolute Gasteiger partial charge is 0.319 e. The van der Waals surface area contributed by atoms with Gasteiger partial charge >= 0.3 is 0 Å². The number of sulfone groups is 1. The molecule has 0 radical (unpaired) electrons. The molecule has 0 heterocycles. The molecule has 2 fully saturated rings. The Morgan fingerprint density at radius 2 is 1.88 bits per heavy atom. The molecule has 4 heteroatoms. The van der Waals surface area contributed by atoms with Crippen LogP contribution in [0.1, 0.15) is 39.5 Å². The van der Waals surface area contributed by atoms with E-state index in [1.165, 1.54) is 19.3 Å². The van der Waals surface area contributed by atoms with E-state index in [2.05, 4.69) is 5.32 Å². The van der Waals surface area contributed by atoms with Crippen molar-refractivity contribution in [2.45, 2.75) is 44.8 Å². The zero-order valence-electron chi connectivity index (χ0n) is 11.2. The van der Waals surface area contributed by atoms with Crippen LogP contribution in [0.25, 0.3) is 0 Å². The summed E-state index contributed by atoms with van der Waals surface area (Å²) in [4.78, 5) is 0. The minimum absolute atomic E-state index is 0.231. The predicted molar refractivity (Wildman–Crippen MR) is 70.7 cm³/mol. The summed E-state index contributed by atoms with van der Waals surface area (Å²) in [5.74, 6) is 2.18. The van der Waals surface area contributed by atoms with Crippen molar-refractivity contribution in [3.8, 4) is 0 Å². The van der Waals surface area contributed by atoms with Crippen LogP contribution in [0.15, 0.2) is 0 Å². The molecule has 0 aromatic rings. The maximum absolute atomic E-state index is 11.9. The second-order valence-corrected chi connectivity index (χ2v) is 9.04. The first-order valence-electron chi connectivity index (χ1n) is 6.75. The van der Waals surface area contributed by atoms with Crippen LogP contribution >= 0.6 is 0 Å². The minimum Gasteiger partial charge on any atom is -0.319 e. The van der Waals surface area contributed by atoms with Crippen molar-refractivity contribution in [3.05, 3.63) is 0 Å². The first-order chi connectivity index (χ1) is 7.88. The topological polar surface area (TPSA) is 46.2 Å². The zero-order valence-corrected chi connectivity index (χ0v) is 12.0.